The lowest BCUT2D eigenvalue weighted by Crippen LogP contribution is -2.47. The number of hydrogen-bond acceptors (Lipinski definition) is 3. The minimum Gasteiger partial charge on any atom is -0.376 e. The summed E-state index contributed by atoms with van der Waals surface area (Å²) in [7, 11) is 0. The second-order valence-electron chi connectivity index (χ2n) is 8.55. The predicted molar refractivity (Wildman–Crippen MR) is 120 cm³/mol. The SMILES string of the molecule is CCNC(=NCCCC(C)(C)C)N1CCC(OCC2CCCO2)CC1.I. The molecule has 0 saturated carbocycles. The van der Waals surface area contributed by atoms with Crippen LogP contribution in [0, 0.1) is 5.41 Å². The van der Waals surface area contributed by atoms with Crippen molar-refractivity contribution in [1.29, 1.82) is 0 Å². The van der Waals surface area contributed by atoms with Gasteiger partial charge in [-0.1, -0.05) is 20.8 Å². The molecule has 2 heterocycles. The number of hydrogen-bond donors (Lipinski definition) is 1. The van der Waals surface area contributed by atoms with Gasteiger partial charge < -0.3 is 19.7 Å². The third-order valence-corrected chi connectivity index (χ3v) is 4.96. The van der Waals surface area contributed by atoms with Crippen molar-refractivity contribution >= 4 is 29.9 Å². The first-order valence-corrected chi connectivity index (χ1v) is 10.2. The number of ether oxygens (including phenoxy) is 2. The van der Waals surface area contributed by atoms with E-state index < -0.39 is 0 Å². The van der Waals surface area contributed by atoms with Crippen LogP contribution in [0.5, 0.6) is 0 Å². The molecule has 0 bridgehead atoms. The molecular formula is C20H40IN3O2. The monoisotopic (exact) mass is 481 g/mol. The Labute approximate surface area is 177 Å². The van der Waals surface area contributed by atoms with E-state index in [-0.39, 0.29) is 24.0 Å². The Morgan fingerprint density at radius 1 is 1.23 bits per heavy atom. The van der Waals surface area contributed by atoms with E-state index >= 15 is 0 Å². The van der Waals surface area contributed by atoms with E-state index in [1.54, 1.807) is 0 Å². The van der Waals surface area contributed by atoms with E-state index in [0.29, 0.717) is 17.6 Å². The summed E-state index contributed by atoms with van der Waals surface area (Å²) in [6.45, 7) is 14.6. The Hall–Kier alpha value is -0.0800. The molecule has 2 aliphatic heterocycles. The topological polar surface area (TPSA) is 46.1 Å². The van der Waals surface area contributed by atoms with Crippen LogP contribution in [0.4, 0.5) is 0 Å². The summed E-state index contributed by atoms with van der Waals surface area (Å²) in [6, 6.07) is 0. The average molecular weight is 481 g/mol. The summed E-state index contributed by atoms with van der Waals surface area (Å²) < 4.78 is 11.7. The molecule has 2 aliphatic rings. The fraction of sp³-hybridized carbons (Fsp3) is 0.950. The van der Waals surface area contributed by atoms with Crippen LogP contribution in [0.2, 0.25) is 0 Å². The molecule has 2 fully saturated rings. The number of piperidine rings is 1. The zero-order valence-electron chi connectivity index (χ0n) is 17.3. The van der Waals surface area contributed by atoms with Crippen LogP contribution in [-0.4, -0.2) is 62.5 Å². The highest BCUT2D eigenvalue weighted by atomic mass is 127. The maximum absolute atomic E-state index is 6.08. The first kappa shape index (κ1) is 24.0. The molecule has 0 spiro atoms. The van der Waals surface area contributed by atoms with E-state index in [9.17, 15) is 0 Å². The fourth-order valence-electron chi connectivity index (χ4n) is 3.47. The average Bonchev–Trinajstić information content (AvgIpc) is 3.09. The highest BCUT2D eigenvalue weighted by Crippen LogP contribution is 2.21. The summed E-state index contributed by atoms with van der Waals surface area (Å²) in [5.41, 5.74) is 0.395. The molecule has 0 amide bonds. The van der Waals surface area contributed by atoms with Crippen LogP contribution < -0.4 is 5.32 Å². The van der Waals surface area contributed by atoms with Gasteiger partial charge in [-0.15, -0.1) is 24.0 Å². The third-order valence-electron chi connectivity index (χ3n) is 4.96. The molecule has 0 radical (unpaired) electrons. The van der Waals surface area contributed by atoms with Gasteiger partial charge in [0.25, 0.3) is 0 Å². The highest BCUT2D eigenvalue weighted by Gasteiger charge is 2.24. The van der Waals surface area contributed by atoms with Gasteiger partial charge in [-0.05, 0) is 50.9 Å². The summed E-state index contributed by atoms with van der Waals surface area (Å²) in [4.78, 5) is 7.24. The summed E-state index contributed by atoms with van der Waals surface area (Å²) >= 11 is 0. The first-order valence-electron chi connectivity index (χ1n) is 10.2. The Bertz CT molecular complexity index is 398. The second-order valence-corrected chi connectivity index (χ2v) is 8.55. The van der Waals surface area contributed by atoms with Crippen LogP contribution in [0.15, 0.2) is 4.99 Å². The first-order chi connectivity index (χ1) is 12.0. The maximum atomic E-state index is 6.08. The zero-order valence-corrected chi connectivity index (χ0v) is 19.6. The summed E-state index contributed by atoms with van der Waals surface area (Å²) in [6.07, 6.45) is 7.59. The van der Waals surface area contributed by atoms with E-state index in [2.05, 4.69) is 37.9 Å². The molecule has 1 atom stereocenters. The Kier molecular flexibility index (Phi) is 11.4. The zero-order chi connectivity index (χ0) is 18.1. The Morgan fingerprint density at radius 2 is 1.96 bits per heavy atom. The van der Waals surface area contributed by atoms with E-state index in [0.717, 1.165) is 71.0 Å². The van der Waals surface area contributed by atoms with Crippen LogP contribution in [0.1, 0.15) is 66.2 Å². The quantitative estimate of drug-likeness (QED) is 0.258. The fourth-order valence-corrected chi connectivity index (χ4v) is 3.47. The van der Waals surface area contributed by atoms with Crippen molar-refractivity contribution < 1.29 is 9.47 Å². The van der Waals surface area contributed by atoms with Gasteiger partial charge in [0.15, 0.2) is 5.96 Å². The molecule has 0 aliphatic carbocycles. The number of guanidine groups is 1. The Balaban J connectivity index is 0.00000338. The molecule has 1 unspecified atom stereocenters. The smallest absolute Gasteiger partial charge is 0.193 e. The molecule has 26 heavy (non-hydrogen) atoms. The molecule has 6 heteroatoms. The maximum Gasteiger partial charge on any atom is 0.193 e. The van der Waals surface area contributed by atoms with Crippen LogP contribution in [0.3, 0.4) is 0 Å². The van der Waals surface area contributed by atoms with Gasteiger partial charge in [0.05, 0.1) is 18.8 Å². The molecular weight excluding hydrogens is 441 g/mol. The molecule has 0 aromatic heterocycles. The van der Waals surface area contributed by atoms with Gasteiger partial charge in [-0.2, -0.15) is 0 Å². The largest absolute Gasteiger partial charge is 0.376 e. The van der Waals surface area contributed by atoms with E-state index in [4.69, 9.17) is 14.5 Å². The molecule has 0 aromatic rings. The Morgan fingerprint density at radius 3 is 2.54 bits per heavy atom. The number of nitrogens with zero attached hydrogens (tertiary/aromatic N) is 2. The van der Waals surface area contributed by atoms with Gasteiger partial charge in [0.2, 0.25) is 0 Å². The molecule has 2 saturated heterocycles. The summed E-state index contributed by atoms with van der Waals surface area (Å²) in [5.74, 6) is 1.08. The van der Waals surface area contributed by atoms with Crippen molar-refractivity contribution in [3.8, 4) is 0 Å². The lowest BCUT2D eigenvalue weighted by atomic mass is 9.91. The van der Waals surface area contributed by atoms with Gasteiger partial charge in [0, 0.05) is 32.8 Å². The van der Waals surface area contributed by atoms with Crippen molar-refractivity contribution in [2.45, 2.75) is 78.4 Å². The normalized spacial score (nSPS) is 22.4. The van der Waals surface area contributed by atoms with Crippen molar-refractivity contribution in [3.63, 3.8) is 0 Å². The van der Waals surface area contributed by atoms with E-state index in [1.165, 1.54) is 12.8 Å². The van der Waals surface area contributed by atoms with Gasteiger partial charge in [-0.25, -0.2) is 0 Å². The van der Waals surface area contributed by atoms with Crippen LogP contribution in [0.25, 0.3) is 0 Å². The minimum atomic E-state index is 0. The van der Waals surface area contributed by atoms with Crippen molar-refractivity contribution in [3.05, 3.63) is 0 Å². The van der Waals surface area contributed by atoms with Gasteiger partial charge in [0.1, 0.15) is 0 Å². The lowest BCUT2D eigenvalue weighted by Gasteiger charge is -2.34. The third kappa shape index (κ3) is 9.22. The highest BCUT2D eigenvalue weighted by molar-refractivity contribution is 14.0. The molecule has 154 valence electrons. The van der Waals surface area contributed by atoms with Crippen molar-refractivity contribution in [2.75, 3.05) is 39.4 Å². The number of aliphatic imine (C=N–C) groups is 1. The van der Waals surface area contributed by atoms with Gasteiger partial charge >= 0.3 is 0 Å². The predicted octanol–water partition coefficient (Wildman–Crippen LogP) is 4.06. The number of likely N-dealkylation sites (tertiary alicyclic amines) is 1. The van der Waals surface area contributed by atoms with Crippen LogP contribution in [-0.2, 0) is 9.47 Å². The van der Waals surface area contributed by atoms with Crippen molar-refractivity contribution in [2.24, 2.45) is 10.4 Å². The van der Waals surface area contributed by atoms with Crippen LogP contribution >= 0.6 is 24.0 Å². The molecule has 5 nitrogen and oxygen atoms in total. The number of halogens is 1. The summed E-state index contributed by atoms with van der Waals surface area (Å²) in [5, 5.41) is 3.46. The number of nitrogens with one attached hydrogen (secondary N) is 1. The standard InChI is InChI=1S/C20H39N3O2.HI/c1-5-21-19(22-12-7-11-20(2,3)4)23-13-9-17(10-14-23)25-16-18-8-6-15-24-18;/h17-18H,5-16H2,1-4H3,(H,21,22);1H. The number of rotatable bonds is 7. The lowest BCUT2D eigenvalue weighted by molar-refractivity contribution is -0.0367. The van der Waals surface area contributed by atoms with E-state index in [1.807, 2.05) is 0 Å². The molecule has 2 rings (SSSR count). The molecule has 1 N–H and O–H groups in total. The molecule has 0 aromatic carbocycles. The van der Waals surface area contributed by atoms with Crippen molar-refractivity contribution in [1.82, 2.24) is 10.2 Å². The minimum absolute atomic E-state index is 0. The van der Waals surface area contributed by atoms with Gasteiger partial charge in [-0.3, -0.25) is 4.99 Å². The second kappa shape index (κ2) is 12.4.